The summed E-state index contributed by atoms with van der Waals surface area (Å²) in [7, 11) is 0. The van der Waals surface area contributed by atoms with Crippen molar-refractivity contribution in [1.82, 2.24) is 5.32 Å². The summed E-state index contributed by atoms with van der Waals surface area (Å²) in [6, 6.07) is 7.58. The largest absolute Gasteiger partial charge is 0.481 e. The third-order valence-electron chi connectivity index (χ3n) is 2.54. The summed E-state index contributed by atoms with van der Waals surface area (Å²) in [5.41, 5.74) is 1.00. The van der Waals surface area contributed by atoms with Crippen LogP contribution in [-0.2, 0) is 9.59 Å². The Bertz CT molecular complexity index is 434. The number of carboxylic acids is 1. The maximum absolute atomic E-state index is 11.6. The molecule has 0 aliphatic carbocycles. The summed E-state index contributed by atoms with van der Waals surface area (Å²) in [6.45, 7) is 1.90. The minimum Gasteiger partial charge on any atom is -0.481 e. The third kappa shape index (κ3) is 4.87. The SMILES string of the molecule is C[C@@H](NC(=O)CCCC(=O)O)c1ccccc1Br. The van der Waals surface area contributed by atoms with Crippen LogP contribution in [0.4, 0.5) is 0 Å². The van der Waals surface area contributed by atoms with Gasteiger partial charge in [0.25, 0.3) is 0 Å². The number of carboxylic acid groups (broad SMARTS) is 1. The summed E-state index contributed by atoms with van der Waals surface area (Å²) in [5, 5.41) is 11.3. The van der Waals surface area contributed by atoms with Crippen molar-refractivity contribution in [2.45, 2.75) is 32.2 Å². The first-order valence-electron chi connectivity index (χ1n) is 5.76. The molecule has 0 saturated heterocycles. The Kier molecular flexibility index (Phi) is 5.85. The van der Waals surface area contributed by atoms with Crippen molar-refractivity contribution >= 4 is 27.8 Å². The number of amides is 1. The van der Waals surface area contributed by atoms with Gasteiger partial charge < -0.3 is 10.4 Å². The molecule has 0 radical (unpaired) electrons. The monoisotopic (exact) mass is 313 g/mol. The molecule has 1 aromatic carbocycles. The fraction of sp³-hybridized carbons (Fsp3) is 0.385. The molecule has 5 heteroatoms. The van der Waals surface area contributed by atoms with Crippen LogP contribution in [0.15, 0.2) is 28.7 Å². The van der Waals surface area contributed by atoms with Crippen molar-refractivity contribution in [2.24, 2.45) is 0 Å². The van der Waals surface area contributed by atoms with Crippen LogP contribution in [0, 0.1) is 0 Å². The van der Waals surface area contributed by atoms with Crippen molar-refractivity contribution in [3.05, 3.63) is 34.3 Å². The molecule has 4 nitrogen and oxygen atoms in total. The molecular formula is C13H16BrNO3. The first-order chi connectivity index (χ1) is 8.50. The maximum atomic E-state index is 11.6. The van der Waals surface area contributed by atoms with Crippen LogP contribution in [0.1, 0.15) is 37.8 Å². The molecule has 0 bridgehead atoms. The molecule has 0 heterocycles. The first-order valence-corrected chi connectivity index (χ1v) is 6.55. The predicted octanol–water partition coefficient (Wildman–Crippen LogP) is 2.88. The van der Waals surface area contributed by atoms with E-state index in [0.717, 1.165) is 10.0 Å². The number of benzene rings is 1. The second-order valence-corrected chi connectivity index (χ2v) is 4.91. The van der Waals surface area contributed by atoms with Gasteiger partial charge in [-0.05, 0) is 25.0 Å². The first kappa shape index (κ1) is 14.7. The number of carbonyl (C=O) groups is 2. The lowest BCUT2D eigenvalue weighted by atomic mass is 10.1. The smallest absolute Gasteiger partial charge is 0.303 e. The normalized spacial score (nSPS) is 11.9. The van der Waals surface area contributed by atoms with Crippen LogP contribution in [-0.4, -0.2) is 17.0 Å². The van der Waals surface area contributed by atoms with Crippen molar-refractivity contribution in [3.63, 3.8) is 0 Å². The molecule has 98 valence electrons. The highest BCUT2D eigenvalue weighted by Gasteiger charge is 2.12. The number of aliphatic carboxylic acids is 1. The van der Waals surface area contributed by atoms with Gasteiger partial charge in [0.05, 0.1) is 6.04 Å². The van der Waals surface area contributed by atoms with Gasteiger partial charge in [0, 0.05) is 17.3 Å². The zero-order chi connectivity index (χ0) is 13.5. The summed E-state index contributed by atoms with van der Waals surface area (Å²) >= 11 is 3.43. The van der Waals surface area contributed by atoms with E-state index in [1.54, 1.807) is 0 Å². The van der Waals surface area contributed by atoms with E-state index in [2.05, 4.69) is 21.2 Å². The molecular weight excluding hydrogens is 298 g/mol. The summed E-state index contributed by atoms with van der Waals surface area (Å²) < 4.78 is 0.948. The molecule has 18 heavy (non-hydrogen) atoms. The van der Waals surface area contributed by atoms with E-state index >= 15 is 0 Å². The molecule has 0 aromatic heterocycles. The molecule has 0 aliphatic rings. The van der Waals surface area contributed by atoms with E-state index in [-0.39, 0.29) is 24.8 Å². The van der Waals surface area contributed by atoms with Crippen LogP contribution < -0.4 is 5.32 Å². The van der Waals surface area contributed by atoms with Crippen molar-refractivity contribution < 1.29 is 14.7 Å². The van der Waals surface area contributed by atoms with Gasteiger partial charge in [0.1, 0.15) is 0 Å². The van der Waals surface area contributed by atoms with Gasteiger partial charge >= 0.3 is 5.97 Å². The summed E-state index contributed by atoms with van der Waals surface area (Å²) in [5.74, 6) is -0.999. The van der Waals surface area contributed by atoms with Gasteiger partial charge in [-0.2, -0.15) is 0 Å². The molecule has 1 atom stereocenters. The Morgan fingerprint density at radius 3 is 2.61 bits per heavy atom. The average molecular weight is 314 g/mol. The van der Waals surface area contributed by atoms with Crippen LogP contribution in [0.25, 0.3) is 0 Å². The van der Waals surface area contributed by atoms with Crippen molar-refractivity contribution in [3.8, 4) is 0 Å². The van der Waals surface area contributed by atoms with Crippen molar-refractivity contribution in [1.29, 1.82) is 0 Å². The van der Waals surface area contributed by atoms with Crippen LogP contribution in [0.5, 0.6) is 0 Å². The van der Waals surface area contributed by atoms with E-state index in [1.165, 1.54) is 0 Å². The lowest BCUT2D eigenvalue weighted by Crippen LogP contribution is -2.26. The Hall–Kier alpha value is -1.36. The van der Waals surface area contributed by atoms with E-state index in [9.17, 15) is 9.59 Å². The minimum atomic E-state index is -0.873. The molecule has 1 aromatic rings. The van der Waals surface area contributed by atoms with Gasteiger partial charge in [0.15, 0.2) is 0 Å². The number of carbonyl (C=O) groups excluding carboxylic acids is 1. The number of nitrogens with one attached hydrogen (secondary N) is 1. The van der Waals surface area contributed by atoms with E-state index in [4.69, 9.17) is 5.11 Å². The quantitative estimate of drug-likeness (QED) is 0.848. The fourth-order valence-corrected chi connectivity index (χ4v) is 2.25. The zero-order valence-electron chi connectivity index (χ0n) is 10.1. The molecule has 1 amide bonds. The summed E-state index contributed by atoms with van der Waals surface area (Å²) in [4.78, 5) is 21.9. The standard InChI is InChI=1S/C13H16BrNO3/c1-9(10-5-2-3-6-11(10)14)15-12(16)7-4-8-13(17)18/h2-3,5-6,9H,4,7-8H2,1H3,(H,15,16)(H,17,18)/t9-/m1/s1. The Balaban J connectivity index is 2.45. The molecule has 0 saturated carbocycles. The Labute approximate surface area is 115 Å². The number of halogens is 1. The molecule has 2 N–H and O–H groups in total. The average Bonchev–Trinajstić information content (AvgIpc) is 2.28. The summed E-state index contributed by atoms with van der Waals surface area (Å²) in [6.07, 6.45) is 0.627. The second kappa shape index (κ2) is 7.16. The highest BCUT2D eigenvalue weighted by atomic mass is 79.9. The second-order valence-electron chi connectivity index (χ2n) is 4.06. The number of rotatable bonds is 6. The molecule has 0 aliphatic heterocycles. The highest BCUT2D eigenvalue weighted by Crippen LogP contribution is 2.22. The van der Waals surface area contributed by atoms with E-state index < -0.39 is 5.97 Å². The van der Waals surface area contributed by atoms with Crippen LogP contribution >= 0.6 is 15.9 Å². The zero-order valence-corrected chi connectivity index (χ0v) is 11.7. The fourth-order valence-electron chi connectivity index (χ4n) is 1.62. The Morgan fingerprint density at radius 2 is 2.00 bits per heavy atom. The highest BCUT2D eigenvalue weighted by molar-refractivity contribution is 9.10. The number of hydrogen-bond acceptors (Lipinski definition) is 2. The molecule has 0 unspecified atom stereocenters. The lowest BCUT2D eigenvalue weighted by molar-refractivity contribution is -0.137. The van der Waals surface area contributed by atoms with Gasteiger partial charge in [-0.1, -0.05) is 34.1 Å². The van der Waals surface area contributed by atoms with E-state index in [1.807, 2.05) is 31.2 Å². The maximum Gasteiger partial charge on any atom is 0.303 e. The van der Waals surface area contributed by atoms with Gasteiger partial charge in [-0.3, -0.25) is 9.59 Å². The lowest BCUT2D eigenvalue weighted by Gasteiger charge is -2.15. The van der Waals surface area contributed by atoms with Crippen molar-refractivity contribution in [2.75, 3.05) is 0 Å². The predicted molar refractivity (Wildman–Crippen MR) is 72.2 cm³/mol. The minimum absolute atomic E-state index is 0.0246. The van der Waals surface area contributed by atoms with Crippen LogP contribution in [0.2, 0.25) is 0 Å². The molecule has 0 spiro atoms. The topological polar surface area (TPSA) is 66.4 Å². The Morgan fingerprint density at radius 1 is 1.33 bits per heavy atom. The third-order valence-corrected chi connectivity index (χ3v) is 3.27. The van der Waals surface area contributed by atoms with Gasteiger partial charge in [-0.15, -0.1) is 0 Å². The molecule has 1 rings (SSSR count). The number of hydrogen-bond donors (Lipinski definition) is 2. The van der Waals surface area contributed by atoms with Crippen LogP contribution in [0.3, 0.4) is 0 Å². The van der Waals surface area contributed by atoms with E-state index in [0.29, 0.717) is 6.42 Å². The molecule has 0 fully saturated rings. The van der Waals surface area contributed by atoms with Gasteiger partial charge in [0.2, 0.25) is 5.91 Å². The van der Waals surface area contributed by atoms with Gasteiger partial charge in [-0.25, -0.2) is 0 Å².